The van der Waals surface area contributed by atoms with Gasteiger partial charge in [-0.1, -0.05) is 23.7 Å². The van der Waals surface area contributed by atoms with Crippen molar-refractivity contribution >= 4 is 11.6 Å². The number of hydrogen-bond donors (Lipinski definition) is 1. The summed E-state index contributed by atoms with van der Waals surface area (Å²) >= 11 is 5.78. The van der Waals surface area contributed by atoms with E-state index in [1.54, 1.807) is 0 Å². The van der Waals surface area contributed by atoms with E-state index in [0.717, 1.165) is 6.07 Å². The molecule has 1 heterocycles. The molecule has 0 atom stereocenters. The Bertz CT molecular complexity index is 560. The van der Waals surface area contributed by atoms with Crippen LogP contribution in [0.4, 0.5) is 8.78 Å². The molecule has 0 spiro atoms. The molecule has 0 amide bonds. The van der Waals surface area contributed by atoms with Crippen LogP contribution in [0.2, 0.25) is 5.15 Å². The zero-order valence-electron chi connectivity index (χ0n) is 8.62. The van der Waals surface area contributed by atoms with Crippen LogP contribution in [0.25, 0.3) is 11.3 Å². The standard InChI is InChI=1S/C12H8ClF2NO/c13-12-7(6-17)4-5-10(16-12)8-2-1-3-9(14)11(8)15/h1-5,17H,6H2. The van der Waals surface area contributed by atoms with E-state index in [9.17, 15) is 8.78 Å². The van der Waals surface area contributed by atoms with E-state index in [-0.39, 0.29) is 23.0 Å². The number of nitrogens with zero attached hydrogens (tertiary/aromatic N) is 1. The molecule has 2 nitrogen and oxygen atoms in total. The summed E-state index contributed by atoms with van der Waals surface area (Å²) in [6.45, 7) is -0.252. The molecule has 0 fully saturated rings. The second-order valence-electron chi connectivity index (χ2n) is 3.41. The van der Waals surface area contributed by atoms with Gasteiger partial charge in [-0.15, -0.1) is 0 Å². The van der Waals surface area contributed by atoms with Gasteiger partial charge in [0.15, 0.2) is 11.6 Å². The van der Waals surface area contributed by atoms with E-state index in [4.69, 9.17) is 16.7 Å². The van der Waals surface area contributed by atoms with Crippen molar-refractivity contribution in [1.29, 1.82) is 0 Å². The third-order valence-electron chi connectivity index (χ3n) is 2.32. The first-order valence-electron chi connectivity index (χ1n) is 4.84. The van der Waals surface area contributed by atoms with E-state index < -0.39 is 11.6 Å². The molecule has 5 heteroatoms. The van der Waals surface area contributed by atoms with Crippen LogP contribution >= 0.6 is 11.6 Å². The van der Waals surface area contributed by atoms with Crippen molar-refractivity contribution in [1.82, 2.24) is 4.98 Å². The van der Waals surface area contributed by atoms with Gasteiger partial charge in [0, 0.05) is 11.1 Å². The second-order valence-corrected chi connectivity index (χ2v) is 3.76. The number of halogens is 3. The Kier molecular flexibility index (Phi) is 3.36. The average molecular weight is 256 g/mol. The maximum absolute atomic E-state index is 13.5. The number of aromatic nitrogens is 1. The molecule has 88 valence electrons. The Labute approximate surface area is 102 Å². The lowest BCUT2D eigenvalue weighted by Crippen LogP contribution is -1.94. The quantitative estimate of drug-likeness (QED) is 0.836. The Hall–Kier alpha value is -1.52. The van der Waals surface area contributed by atoms with Crippen LogP contribution in [0.1, 0.15) is 5.56 Å². The molecule has 0 aliphatic carbocycles. The van der Waals surface area contributed by atoms with E-state index in [0.29, 0.717) is 5.56 Å². The number of rotatable bonds is 2. The van der Waals surface area contributed by atoms with E-state index in [1.165, 1.54) is 24.3 Å². The predicted molar refractivity (Wildman–Crippen MR) is 60.5 cm³/mol. The maximum Gasteiger partial charge on any atom is 0.168 e. The first kappa shape index (κ1) is 12.0. The number of pyridine rings is 1. The van der Waals surface area contributed by atoms with E-state index in [1.807, 2.05) is 0 Å². The summed E-state index contributed by atoms with van der Waals surface area (Å²) < 4.78 is 26.5. The molecule has 1 aromatic carbocycles. The zero-order valence-corrected chi connectivity index (χ0v) is 9.38. The number of aliphatic hydroxyl groups excluding tert-OH is 1. The topological polar surface area (TPSA) is 33.1 Å². The number of aliphatic hydroxyl groups is 1. The minimum absolute atomic E-state index is 0.0383. The fourth-order valence-electron chi connectivity index (χ4n) is 1.43. The van der Waals surface area contributed by atoms with Crippen molar-refractivity contribution in [3.05, 3.63) is 52.7 Å². The number of benzene rings is 1. The molecule has 0 radical (unpaired) electrons. The lowest BCUT2D eigenvalue weighted by molar-refractivity contribution is 0.281. The van der Waals surface area contributed by atoms with Gasteiger partial charge < -0.3 is 5.11 Å². The fourth-order valence-corrected chi connectivity index (χ4v) is 1.65. The highest BCUT2D eigenvalue weighted by Crippen LogP contribution is 2.25. The Morgan fingerprint density at radius 2 is 1.94 bits per heavy atom. The van der Waals surface area contributed by atoms with Crippen molar-refractivity contribution in [3.63, 3.8) is 0 Å². The fraction of sp³-hybridized carbons (Fsp3) is 0.0833. The molecule has 0 saturated heterocycles. The van der Waals surface area contributed by atoms with E-state index >= 15 is 0 Å². The van der Waals surface area contributed by atoms with Crippen molar-refractivity contribution in [2.45, 2.75) is 6.61 Å². The van der Waals surface area contributed by atoms with E-state index in [2.05, 4.69) is 4.98 Å². The summed E-state index contributed by atoms with van der Waals surface area (Å²) in [5.41, 5.74) is 0.702. The normalized spacial score (nSPS) is 10.6. The summed E-state index contributed by atoms with van der Waals surface area (Å²) in [7, 11) is 0. The molecular weight excluding hydrogens is 248 g/mol. The molecule has 1 N–H and O–H groups in total. The summed E-state index contributed by atoms with van der Waals surface area (Å²) in [5, 5.41) is 9.00. The Balaban J connectivity index is 2.54. The molecule has 0 unspecified atom stereocenters. The Morgan fingerprint density at radius 3 is 2.59 bits per heavy atom. The highest BCUT2D eigenvalue weighted by Gasteiger charge is 2.12. The number of hydrogen-bond acceptors (Lipinski definition) is 2. The highest BCUT2D eigenvalue weighted by molar-refractivity contribution is 6.30. The first-order chi connectivity index (χ1) is 8.13. The molecule has 0 aliphatic rings. The van der Waals surface area contributed by atoms with Crippen LogP contribution in [0, 0.1) is 11.6 Å². The summed E-state index contributed by atoms with van der Waals surface area (Å²) in [4.78, 5) is 3.91. The molecule has 0 aliphatic heterocycles. The molecular formula is C12H8ClF2NO. The molecule has 0 saturated carbocycles. The van der Waals surface area contributed by atoms with Gasteiger partial charge in [0.25, 0.3) is 0 Å². The second kappa shape index (κ2) is 4.77. The third-order valence-corrected chi connectivity index (χ3v) is 2.65. The van der Waals surface area contributed by atoms with Gasteiger partial charge in [0.1, 0.15) is 5.15 Å². The van der Waals surface area contributed by atoms with Crippen molar-refractivity contribution in [2.24, 2.45) is 0 Å². The maximum atomic E-state index is 13.5. The van der Waals surface area contributed by atoms with Crippen LogP contribution in [0.5, 0.6) is 0 Å². The summed E-state index contributed by atoms with van der Waals surface area (Å²) in [6.07, 6.45) is 0. The smallest absolute Gasteiger partial charge is 0.168 e. The average Bonchev–Trinajstić information content (AvgIpc) is 2.32. The Morgan fingerprint density at radius 1 is 1.18 bits per heavy atom. The highest BCUT2D eigenvalue weighted by atomic mass is 35.5. The van der Waals surface area contributed by atoms with Gasteiger partial charge in [0.05, 0.1) is 12.3 Å². The van der Waals surface area contributed by atoms with Crippen LogP contribution < -0.4 is 0 Å². The van der Waals surface area contributed by atoms with Crippen LogP contribution in [-0.2, 0) is 6.61 Å². The lowest BCUT2D eigenvalue weighted by atomic mass is 10.1. The molecule has 2 rings (SSSR count). The molecule has 1 aromatic heterocycles. The monoisotopic (exact) mass is 255 g/mol. The van der Waals surface area contributed by atoms with Gasteiger partial charge in [-0.05, 0) is 18.2 Å². The van der Waals surface area contributed by atoms with Gasteiger partial charge in [-0.25, -0.2) is 13.8 Å². The van der Waals surface area contributed by atoms with Gasteiger partial charge in [-0.2, -0.15) is 0 Å². The third kappa shape index (κ3) is 2.28. The SMILES string of the molecule is OCc1ccc(-c2cccc(F)c2F)nc1Cl. The van der Waals surface area contributed by atoms with Crippen LogP contribution in [-0.4, -0.2) is 10.1 Å². The molecule has 17 heavy (non-hydrogen) atoms. The predicted octanol–water partition coefficient (Wildman–Crippen LogP) is 3.17. The van der Waals surface area contributed by atoms with Crippen molar-refractivity contribution in [3.8, 4) is 11.3 Å². The van der Waals surface area contributed by atoms with Crippen LogP contribution in [0.3, 0.4) is 0 Å². The van der Waals surface area contributed by atoms with Crippen molar-refractivity contribution in [2.75, 3.05) is 0 Å². The molecule has 0 bridgehead atoms. The zero-order chi connectivity index (χ0) is 12.4. The minimum atomic E-state index is -0.965. The minimum Gasteiger partial charge on any atom is -0.392 e. The summed E-state index contributed by atoms with van der Waals surface area (Å²) in [5.74, 6) is -1.90. The van der Waals surface area contributed by atoms with Gasteiger partial charge >= 0.3 is 0 Å². The lowest BCUT2D eigenvalue weighted by Gasteiger charge is -2.05. The van der Waals surface area contributed by atoms with Gasteiger partial charge in [0.2, 0.25) is 0 Å². The van der Waals surface area contributed by atoms with Gasteiger partial charge in [-0.3, -0.25) is 0 Å². The van der Waals surface area contributed by atoms with Crippen molar-refractivity contribution < 1.29 is 13.9 Å². The summed E-state index contributed by atoms with van der Waals surface area (Å²) in [6, 6.07) is 6.84. The van der Waals surface area contributed by atoms with Crippen LogP contribution in [0.15, 0.2) is 30.3 Å². The largest absolute Gasteiger partial charge is 0.392 e. The first-order valence-corrected chi connectivity index (χ1v) is 5.22. The molecule has 2 aromatic rings.